The Balaban J connectivity index is 1.26. The summed E-state index contributed by atoms with van der Waals surface area (Å²) in [4.78, 5) is 16.3. The molecule has 2 aliphatic heterocycles. The summed E-state index contributed by atoms with van der Waals surface area (Å²) in [5, 5.41) is 14.2. The van der Waals surface area contributed by atoms with Gasteiger partial charge in [0.2, 0.25) is 0 Å². The van der Waals surface area contributed by atoms with Crippen LogP contribution in [0.2, 0.25) is 5.02 Å². The molecule has 4 heterocycles. The molecular weight excluding hydrogens is 316 g/mol. The number of fused-ring (bicyclic) bond motifs is 3. The summed E-state index contributed by atoms with van der Waals surface area (Å²) in [6.45, 7) is 0.558. The first kappa shape index (κ1) is 14.7. The van der Waals surface area contributed by atoms with Crippen LogP contribution in [0.4, 0.5) is 4.79 Å². The Bertz CT molecular complexity index is 732. The van der Waals surface area contributed by atoms with Crippen LogP contribution < -0.4 is 16.0 Å². The minimum Gasteiger partial charge on any atom is -0.338 e. The van der Waals surface area contributed by atoms with E-state index < -0.39 is 0 Å². The molecule has 0 aromatic carbocycles. The van der Waals surface area contributed by atoms with Gasteiger partial charge < -0.3 is 16.0 Å². The Labute approximate surface area is 138 Å². The molecule has 3 atom stereocenters. The molecule has 2 fully saturated rings. The number of nitrogens with zero attached hydrogens (tertiary/aromatic N) is 3. The Morgan fingerprint density at radius 1 is 1.43 bits per heavy atom. The van der Waals surface area contributed by atoms with Crippen LogP contribution in [0.25, 0.3) is 5.65 Å². The van der Waals surface area contributed by atoms with Crippen molar-refractivity contribution in [3.63, 3.8) is 0 Å². The molecule has 23 heavy (non-hydrogen) atoms. The fraction of sp³-hybridized carbons (Fsp3) is 0.533. The van der Waals surface area contributed by atoms with Gasteiger partial charge in [-0.05, 0) is 31.2 Å². The number of hydrogen-bond donors (Lipinski definition) is 3. The number of carbonyl (C=O) groups excluding carboxylic acids is 1. The van der Waals surface area contributed by atoms with Gasteiger partial charge in [-0.3, -0.25) is 0 Å². The second kappa shape index (κ2) is 5.98. The van der Waals surface area contributed by atoms with Crippen LogP contribution in [0.1, 0.15) is 24.8 Å². The zero-order valence-electron chi connectivity index (χ0n) is 12.6. The lowest BCUT2D eigenvalue weighted by atomic mass is 9.96. The molecule has 8 heteroatoms. The van der Waals surface area contributed by atoms with E-state index >= 15 is 0 Å². The van der Waals surface area contributed by atoms with Crippen molar-refractivity contribution in [1.82, 2.24) is 30.5 Å². The number of amides is 2. The van der Waals surface area contributed by atoms with Crippen LogP contribution in [0.5, 0.6) is 0 Å². The van der Waals surface area contributed by atoms with Crippen LogP contribution in [0.3, 0.4) is 0 Å². The molecule has 0 radical (unpaired) electrons. The van der Waals surface area contributed by atoms with Crippen molar-refractivity contribution < 1.29 is 4.79 Å². The summed E-state index contributed by atoms with van der Waals surface area (Å²) in [7, 11) is 0. The van der Waals surface area contributed by atoms with Gasteiger partial charge in [-0.2, -0.15) is 5.10 Å². The van der Waals surface area contributed by atoms with Crippen molar-refractivity contribution in [2.75, 3.05) is 6.54 Å². The van der Waals surface area contributed by atoms with E-state index in [-0.39, 0.29) is 12.1 Å². The van der Waals surface area contributed by atoms with Gasteiger partial charge in [0.05, 0.1) is 6.20 Å². The normalized spacial score (nSPS) is 25.9. The Morgan fingerprint density at radius 2 is 2.35 bits per heavy atom. The van der Waals surface area contributed by atoms with Gasteiger partial charge in [-0.15, -0.1) is 0 Å². The SMILES string of the molecule is O=C(NCCc1cnc2c(Cl)cnn2c1)N[C@@H]1C[C@@H]2CC[C@H]1N2. The largest absolute Gasteiger partial charge is 0.338 e. The average Bonchev–Trinajstić information content (AvgIpc) is 3.23. The fourth-order valence-electron chi connectivity index (χ4n) is 3.54. The first-order chi connectivity index (χ1) is 11.2. The highest BCUT2D eigenvalue weighted by Gasteiger charge is 2.39. The summed E-state index contributed by atoms with van der Waals surface area (Å²) in [6, 6.07) is 1.20. The van der Waals surface area contributed by atoms with E-state index in [1.165, 1.54) is 6.42 Å². The van der Waals surface area contributed by atoms with Gasteiger partial charge >= 0.3 is 6.03 Å². The molecule has 3 N–H and O–H groups in total. The topological polar surface area (TPSA) is 83.4 Å². The maximum Gasteiger partial charge on any atom is 0.315 e. The summed E-state index contributed by atoms with van der Waals surface area (Å²) in [5.74, 6) is 0. The van der Waals surface area contributed by atoms with Crippen molar-refractivity contribution in [2.45, 2.75) is 43.8 Å². The molecule has 2 amide bonds. The molecule has 2 bridgehead atoms. The number of nitrogens with one attached hydrogen (secondary N) is 3. The van der Waals surface area contributed by atoms with Crippen molar-refractivity contribution in [2.24, 2.45) is 0 Å². The quantitative estimate of drug-likeness (QED) is 0.782. The highest BCUT2D eigenvalue weighted by atomic mass is 35.5. The second-order valence-electron chi connectivity index (χ2n) is 6.26. The Morgan fingerprint density at radius 3 is 3.13 bits per heavy atom. The molecular formula is C15H19ClN6O. The van der Waals surface area contributed by atoms with E-state index in [0.717, 1.165) is 18.4 Å². The monoisotopic (exact) mass is 334 g/mol. The van der Waals surface area contributed by atoms with Crippen molar-refractivity contribution >= 4 is 23.3 Å². The molecule has 0 spiro atoms. The fourth-order valence-corrected chi connectivity index (χ4v) is 3.72. The minimum absolute atomic E-state index is 0.0967. The molecule has 0 aliphatic carbocycles. The van der Waals surface area contributed by atoms with Gasteiger partial charge in [0, 0.05) is 37.1 Å². The molecule has 4 rings (SSSR count). The first-order valence-electron chi connectivity index (χ1n) is 7.97. The summed E-state index contributed by atoms with van der Waals surface area (Å²) < 4.78 is 1.65. The summed E-state index contributed by atoms with van der Waals surface area (Å²) in [6.07, 6.45) is 9.35. The average molecular weight is 335 g/mol. The maximum atomic E-state index is 12.0. The zero-order valence-corrected chi connectivity index (χ0v) is 13.4. The molecule has 2 aromatic heterocycles. The lowest BCUT2D eigenvalue weighted by Gasteiger charge is -2.21. The van der Waals surface area contributed by atoms with Gasteiger partial charge in [-0.1, -0.05) is 11.6 Å². The highest BCUT2D eigenvalue weighted by molar-refractivity contribution is 6.33. The van der Waals surface area contributed by atoms with Crippen LogP contribution in [-0.2, 0) is 6.42 Å². The lowest BCUT2D eigenvalue weighted by Crippen LogP contribution is -2.47. The number of halogens is 1. The molecule has 0 saturated carbocycles. The Kier molecular flexibility index (Phi) is 3.82. The number of aromatic nitrogens is 3. The zero-order chi connectivity index (χ0) is 15.8. The third-order valence-corrected chi connectivity index (χ3v) is 4.95. The van der Waals surface area contributed by atoms with Gasteiger partial charge in [0.25, 0.3) is 0 Å². The second-order valence-corrected chi connectivity index (χ2v) is 6.67. The molecule has 122 valence electrons. The third-order valence-electron chi connectivity index (χ3n) is 4.68. The van der Waals surface area contributed by atoms with E-state index in [1.54, 1.807) is 16.9 Å². The van der Waals surface area contributed by atoms with E-state index in [2.05, 4.69) is 26.0 Å². The van der Waals surface area contributed by atoms with Crippen LogP contribution >= 0.6 is 11.6 Å². The van der Waals surface area contributed by atoms with E-state index in [0.29, 0.717) is 35.7 Å². The maximum absolute atomic E-state index is 12.0. The number of hydrogen-bond acceptors (Lipinski definition) is 4. The predicted molar refractivity (Wildman–Crippen MR) is 86.6 cm³/mol. The standard InChI is InChI=1S/C15H19ClN6O/c16-11-7-19-22-8-9(6-18-14(11)22)3-4-17-15(23)21-13-5-10-1-2-12(13)20-10/h6-8,10,12-13,20H,1-5H2,(H2,17,21,23)/t10-,12+,13+/m0/s1. The molecule has 2 aromatic rings. The highest BCUT2D eigenvalue weighted by Crippen LogP contribution is 2.28. The first-order valence-corrected chi connectivity index (χ1v) is 8.35. The van der Waals surface area contributed by atoms with E-state index in [9.17, 15) is 4.79 Å². The smallest absolute Gasteiger partial charge is 0.315 e. The van der Waals surface area contributed by atoms with Crippen LogP contribution in [0.15, 0.2) is 18.6 Å². The van der Waals surface area contributed by atoms with Crippen LogP contribution in [0, 0.1) is 0 Å². The van der Waals surface area contributed by atoms with Crippen molar-refractivity contribution in [1.29, 1.82) is 0 Å². The van der Waals surface area contributed by atoms with Gasteiger partial charge in [0.1, 0.15) is 5.02 Å². The molecule has 7 nitrogen and oxygen atoms in total. The summed E-state index contributed by atoms with van der Waals surface area (Å²) >= 11 is 5.96. The summed E-state index contributed by atoms with van der Waals surface area (Å²) in [5.41, 5.74) is 1.64. The third kappa shape index (κ3) is 2.98. The van der Waals surface area contributed by atoms with E-state index in [1.807, 2.05) is 6.20 Å². The van der Waals surface area contributed by atoms with E-state index in [4.69, 9.17) is 11.6 Å². The molecule has 0 unspecified atom stereocenters. The number of rotatable bonds is 4. The lowest BCUT2D eigenvalue weighted by molar-refractivity contribution is 0.234. The van der Waals surface area contributed by atoms with Gasteiger partial charge in [-0.25, -0.2) is 14.3 Å². The number of carbonyl (C=O) groups is 1. The predicted octanol–water partition coefficient (Wildman–Crippen LogP) is 1.12. The van der Waals surface area contributed by atoms with Crippen molar-refractivity contribution in [3.8, 4) is 0 Å². The van der Waals surface area contributed by atoms with Crippen molar-refractivity contribution in [3.05, 3.63) is 29.2 Å². The minimum atomic E-state index is -0.0967. The Hall–Kier alpha value is -1.86. The van der Waals surface area contributed by atoms with Gasteiger partial charge in [0.15, 0.2) is 5.65 Å². The number of urea groups is 1. The van der Waals surface area contributed by atoms with Crippen LogP contribution in [-0.4, -0.2) is 45.3 Å². The molecule has 2 aliphatic rings. The molecule has 2 saturated heterocycles.